The molecule has 0 heterocycles. The molecule has 1 heteroatoms. The van der Waals surface area contributed by atoms with E-state index in [2.05, 4.69) is 45.0 Å². The zero-order valence-electron chi connectivity index (χ0n) is 11.3. The summed E-state index contributed by atoms with van der Waals surface area (Å²) in [6.07, 6.45) is 0.910. The van der Waals surface area contributed by atoms with Crippen molar-refractivity contribution in [2.24, 2.45) is 0 Å². The van der Waals surface area contributed by atoms with Crippen LogP contribution in [-0.2, 0) is 11.8 Å². The zero-order chi connectivity index (χ0) is 13.2. The lowest BCUT2D eigenvalue weighted by atomic mass is 9.82. The first kappa shape index (κ1) is 12.7. The molecule has 0 aliphatic carbocycles. The zero-order valence-corrected chi connectivity index (χ0v) is 11.3. The van der Waals surface area contributed by atoms with Gasteiger partial charge in [-0.25, -0.2) is 0 Å². The maximum atomic E-state index is 9.31. The van der Waals surface area contributed by atoms with Crippen molar-refractivity contribution in [2.75, 3.05) is 0 Å². The van der Waals surface area contributed by atoms with Crippen molar-refractivity contribution in [2.45, 2.75) is 32.6 Å². The Balaban J connectivity index is 2.32. The van der Waals surface area contributed by atoms with Crippen molar-refractivity contribution in [3.05, 3.63) is 65.2 Å². The molecule has 0 spiro atoms. The molecule has 0 unspecified atom stereocenters. The Bertz CT molecular complexity index is 518. The Hall–Kier alpha value is -1.76. The van der Waals surface area contributed by atoms with E-state index in [0.29, 0.717) is 5.75 Å². The number of hydrogen-bond donors (Lipinski definition) is 1. The number of rotatable bonds is 2. The second-order valence-electron chi connectivity index (χ2n) is 5.75. The first-order chi connectivity index (χ1) is 8.47. The van der Waals surface area contributed by atoms with E-state index in [4.69, 9.17) is 0 Å². The maximum Gasteiger partial charge on any atom is 0.115 e. The van der Waals surface area contributed by atoms with E-state index in [0.717, 1.165) is 6.42 Å². The molecule has 2 aromatic rings. The summed E-state index contributed by atoms with van der Waals surface area (Å²) in [6, 6.07) is 16.0. The molecule has 0 bridgehead atoms. The largest absolute Gasteiger partial charge is 0.508 e. The summed E-state index contributed by atoms with van der Waals surface area (Å²) >= 11 is 0. The lowest BCUT2D eigenvalue weighted by Gasteiger charge is -2.23. The topological polar surface area (TPSA) is 20.2 Å². The average Bonchev–Trinajstić information content (AvgIpc) is 2.31. The monoisotopic (exact) mass is 240 g/mol. The lowest BCUT2D eigenvalue weighted by molar-refractivity contribution is 0.475. The normalized spacial score (nSPS) is 11.5. The van der Waals surface area contributed by atoms with Gasteiger partial charge in [-0.3, -0.25) is 0 Å². The highest BCUT2D eigenvalue weighted by Gasteiger charge is 2.17. The molecular formula is C17H20O. The molecule has 1 nitrogen and oxygen atoms in total. The van der Waals surface area contributed by atoms with Gasteiger partial charge in [0, 0.05) is 0 Å². The molecule has 1 N–H and O–H groups in total. The van der Waals surface area contributed by atoms with Crippen LogP contribution in [-0.4, -0.2) is 5.11 Å². The summed E-state index contributed by atoms with van der Waals surface area (Å²) in [5, 5.41) is 9.31. The predicted octanol–water partition coefficient (Wildman–Crippen LogP) is 4.28. The van der Waals surface area contributed by atoms with Crippen LogP contribution in [0.4, 0.5) is 0 Å². The van der Waals surface area contributed by atoms with Gasteiger partial charge in [0.15, 0.2) is 0 Å². The fraction of sp³-hybridized carbons (Fsp3) is 0.294. The Morgan fingerprint density at radius 3 is 2.11 bits per heavy atom. The van der Waals surface area contributed by atoms with E-state index >= 15 is 0 Å². The maximum absolute atomic E-state index is 9.31. The van der Waals surface area contributed by atoms with Crippen molar-refractivity contribution >= 4 is 0 Å². The van der Waals surface area contributed by atoms with E-state index < -0.39 is 0 Å². The van der Waals surface area contributed by atoms with Crippen LogP contribution in [0.5, 0.6) is 5.75 Å². The smallest absolute Gasteiger partial charge is 0.115 e. The average molecular weight is 240 g/mol. The van der Waals surface area contributed by atoms with Gasteiger partial charge in [0.25, 0.3) is 0 Å². The van der Waals surface area contributed by atoms with Gasteiger partial charge in [0.05, 0.1) is 0 Å². The van der Waals surface area contributed by atoms with E-state index in [1.54, 1.807) is 12.1 Å². The van der Waals surface area contributed by atoms with Gasteiger partial charge in [-0.05, 0) is 40.7 Å². The molecule has 2 rings (SSSR count). The molecular weight excluding hydrogens is 220 g/mol. The number of benzene rings is 2. The van der Waals surface area contributed by atoms with Gasteiger partial charge in [0.1, 0.15) is 5.75 Å². The second kappa shape index (κ2) is 4.85. The SMILES string of the molecule is CC(C)(C)c1ccccc1Cc1ccc(O)cc1. The van der Waals surface area contributed by atoms with E-state index in [-0.39, 0.29) is 5.41 Å². The van der Waals surface area contributed by atoms with Gasteiger partial charge >= 0.3 is 0 Å². The summed E-state index contributed by atoms with van der Waals surface area (Å²) < 4.78 is 0. The molecule has 0 saturated carbocycles. The fourth-order valence-corrected chi connectivity index (χ4v) is 2.24. The van der Waals surface area contributed by atoms with Crippen LogP contribution < -0.4 is 0 Å². The minimum Gasteiger partial charge on any atom is -0.508 e. The minimum absolute atomic E-state index is 0.160. The van der Waals surface area contributed by atoms with Crippen molar-refractivity contribution in [1.29, 1.82) is 0 Å². The summed E-state index contributed by atoms with van der Waals surface area (Å²) in [7, 11) is 0. The molecule has 0 fully saturated rings. The molecule has 0 aromatic heterocycles. The van der Waals surface area contributed by atoms with Gasteiger partial charge in [-0.15, -0.1) is 0 Å². The molecule has 0 atom stereocenters. The summed E-state index contributed by atoms with van der Waals surface area (Å²) in [5.74, 6) is 0.322. The third-order valence-electron chi connectivity index (χ3n) is 3.16. The first-order valence-electron chi connectivity index (χ1n) is 6.33. The molecule has 0 saturated heterocycles. The van der Waals surface area contributed by atoms with E-state index in [1.807, 2.05) is 12.1 Å². The van der Waals surface area contributed by atoms with Crippen molar-refractivity contribution < 1.29 is 5.11 Å². The third kappa shape index (κ3) is 2.92. The van der Waals surface area contributed by atoms with Crippen molar-refractivity contribution in [3.63, 3.8) is 0 Å². The minimum atomic E-state index is 0.160. The van der Waals surface area contributed by atoms with Crippen molar-refractivity contribution in [1.82, 2.24) is 0 Å². The first-order valence-corrected chi connectivity index (χ1v) is 6.33. The van der Waals surface area contributed by atoms with Gasteiger partial charge in [0.2, 0.25) is 0 Å². The number of phenols is 1. The van der Waals surface area contributed by atoms with Crippen LogP contribution in [0.1, 0.15) is 37.5 Å². The summed E-state index contributed by atoms with van der Waals surface area (Å²) in [4.78, 5) is 0. The molecule has 2 aromatic carbocycles. The van der Waals surface area contributed by atoms with Crippen LogP contribution in [0, 0.1) is 0 Å². The quantitative estimate of drug-likeness (QED) is 0.830. The third-order valence-corrected chi connectivity index (χ3v) is 3.16. The Morgan fingerprint density at radius 1 is 0.889 bits per heavy atom. The second-order valence-corrected chi connectivity index (χ2v) is 5.75. The highest BCUT2D eigenvalue weighted by atomic mass is 16.3. The van der Waals surface area contributed by atoms with Crippen LogP contribution in [0.3, 0.4) is 0 Å². The number of aromatic hydroxyl groups is 1. The molecule has 0 radical (unpaired) electrons. The highest BCUT2D eigenvalue weighted by Crippen LogP contribution is 2.27. The van der Waals surface area contributed by atoms with Crippen LogP contribution in [0.2, 0.25) is 0 Å². The summed E-state index contributed by atoms with van der Waals surface area (Å²) in [5.41, 5.74) is 4.13. The molecule has 0 aliphatic rings. The fourth-order valence-electron chi connectivity index (χ4n) is 2.24. The molecule has 94 valence electrons. The van der Waals surface area contributed by atoms with E-state index in [9.17, 15) is 5.11 Å². The number of phenolic OH excluding ortho intramolecular Hbond substituents is 1. The van der Waals surface area contributed by atoms with Gasteiger partial charge in [-0.1, -0.05) is 57.2 Å². The van der Waals surface area contributed by atoms with Crippen LogP contribution >= 0.6 is 0 Å². The Labute approximate surface area is 109 Å². The Kier molecular flexibility index (Phi) is 3.42. The molecule has 18 heavy (non-hydrogen) atoms. The summed E-state index contributed by atoms with van der Waals surface area (Å²) in [6.45, 7) is 6.72. The highest BCUT2D eigenvalue weighted by molar-refractivity contribution is 5.37. The molecule has 0 amide bonds. The lowest BCUT2D eigenvalue weighted by Crippen LogP contribution is -2.14. The number of hydrogen-bond acceptors (Lipinski definition) is 1. The van der Waals surface area contributed by atoms with Crippen molar-refractivity contribution in [3.8, 4) is 5.75 Å². The van der Waals surface area contributed by atoms with E-state index in [1.165, 1.54) is 16.7 Å². The standard InChI is InChI=1S/C17H20O/c1-17(2,3)16-7-5-4-6-14(16)12-13-8-10-15(18)11-9-13/h4-11,18H,12H2,1-3H3. The predicted molar refractivity (Wildman–Crippen MR) is 76.1 cm³/mol. The van der Waals surface area contributed by atoms with Crippen LogP contribution in [0.15, 0.2) is 48.5 Å². The Morgan fingerprint density at radius 2 is 1.50 bits per heavy atom. The van der Waals surface area contributed by atoms with Crippen LogP contribution in [0.25, 0.3) is 0 Å². The van der Waals surface area contributed by atoms with Gasteiger partial charge in [-0.2, -0.15) is 0 Å². The van der Waals surface area contributed by atoms with Gasteiger partial charge < -0.3 is 5.11 Å². The molecule has 0 aliphatic heterocycles.